The van der Waals surface area contributed by atoms with E-state index in [0.717, 1.165) is 54.0 Å². The fraction of sp³-hybridized carbons (Fsp3) is 0.300. The molecule has 0 radical (unpaired) electrons. The van der Waals surface area contributed by atoms with Gasteiger partial charge in [0.25, 0.3) is 0 Å². The summed E-state index contributed by atoms with van der Waals surface area (Å²) in [6.07, 6.45) is -0.835. The van der Waals surface area contributed by atoms with Crippen LogP contribution in [0.2, 0.25) is 0 Å². The normalized spacial score (nSPS) is 13.5. The Bertz CT molecular complexity index is 1150. The maximum atomic E-state index is 13.3. The molecular formula is C20H15F3N4OS3. The van der Waals surface area contributed by atoms with Crippen LogP contribution in [-0.2, 0) is 23.8 Å². The zero-order valence-electron chi connectivity index (χ0n) is 16.0. The van der Waals surface area contributed by atoms with Crippen LogP contribution < -0.4 is 5.32 Å². The quantitative estimate of drug-likeness (QED) is 0.371. The van der Waals surface area contributed by atoms with Crippen LogP contribution in [0.25, 0.3) is 10.6 Å². The van der Waals surface area contributed by atoms with Gasteiger partial charge in [-0.3, -0.25) is 4.79 Å². The lowest BCUT2D eigenvalue weighted by molar-refractivity contribution is -0.141. The molecule has 0 unspecified atom stereocenters. The Morgan fingerprint density at radius 3 is 2.81 bits per heavy atom. The van der Waals surface area contributed by atoms with Crippen molar-refractivity contribution in [2.45, 2.75) is 37.0 Å². The van der Waals surface area contributed by atoms with E-state index in [0.29, 0.717) is 15.4 Å². The number of hydrogen-bond donors (Lipinski definition) is 1. The second-order valence-corrected chi connectivity index (χ2v) is 9.76. The molecule has 0 aliphatic heterocycles. The number of anilines is 1. The number of carbonyl (C=O) groups is 1. The maximum Gasteiger partial charge on any atom is 0.433 e. The molecule has 0 atom stereocenters. The Morgan fingerprint density at radius 1 is 1.29 bits per heavy atom. The molecule has 0 spiro atoms. The summed E-state index contributed by atoms with van der Waals surface area (Å²) in [5.74, 6) is -0.586. The van der Waals surface area contributed by atoms with Crippen LogP contribution in [0, 0.1) is 11.3 Å². The van der Waals surface area contributed by atoms with E-state index in [2.05, 4.69) is 21.4 Å². The number of thiophene rings is 2. The molecular weight excluding hydrogens is 465 g/mol. The van der Waals surface area contributed by atoms with Crippen molar-refractivity contribution in [3.63, 3.8) is 0 Å². The van der Waals surface area contributed by atoms with Gasteiger partial charge >= 0.3 is 6.18 Å². The van der Waals surface area contributed by atoms with Crippen molar-refractivity contribution in [1.29, 1.82) is 5.26 Å². The van der Waals surface area contributed by atoms with Crippen LogP contribution >= 0.6 is 34.4 Å². The highest BCUT2D eigenvalue weighted by molar-refractivity contribution is 7.99. The monoisotopic (exact) mass is 480 g/mol. The SMILES string of the molecule is N#Cc1c(NC(=O)CSc2nc(-c3cccs3)cc(C(F)(F)F)n2)sc2c1CCCC2. The zero-order valence-corrected chi connectivity index (χ0v) is 18.4. The molecule has 5 nitrogen and oxygen atoms in total. The lowest BCUT2D eigenvalue weighted by Gasteiger charge is -2.10. The molecule has 0 saturated carbocycles. The molecule has 0 bridgehead atoms. The first-order valence-corrected chi connectivity index (χ1v) is 12.0. The smallest absolute Gasteiger partial charge is 0.316 e. The van der Waals surface area contributed by atoms with Crippen molar-refractivity contribution in [3.8, 4) is 16.6 Å². The summed E-state index contributed by atoms with van der Waals surface area (Å²) in [6, 6.07) is 6.48. The van der Waals surface area contributed by atoms with Gasteiger partial charge in [0.1, 0.15) is 16.8 Å². The lowest BCUT2D eigenvalue weighted by atomic mass is 9.96. The molecule has 31 heavy (non-hydrogen) atoms. The van der Waals surface area contributed by atoms with Gasteiger partial charge in [0.15, 0.2) is 5.16 Å². The molecule has 1 aliphatic carbocycles. The molecule has 0 aromatic carbocycles. The van der Waals surface area contributed by atoms with Gasteiger partial charge in [-0.15, -0.1) is 22.7 Å². The first-order valence-electron chi connectivity index (χ1n) is 9.32. The van der Waals surface area contributed by atoms with Crippen LogP contribution in [0.3, 0.4) is 0 Å². The highest BCUT2D eigenvalue weighted by Crippen LogP contribution is 2.38. The fourth-order valence-electron chi connectivity index (χ4n) is 3.25. The third-order valence-electron chi connectivity index (χ3n) is 4.64. The second kappa shape index (κ2) is 8.98. The molecule has 1 amide bonds. The number of rotatable bonds is 5. The lowest BCUT2D eigenvalue weighted by Crippen LogP contribution is -2.15. The van der Waals surface area contributed by atoms with E-state index < -0.39 is 17.8 Å². The molecule has 3 aromatic heterocycles. The van der Waals surface area contributed by atoms with E-state index in [1.165, 1.54) is 22.7 Å². The van der Waals surface area contributed by atoms with E-state index in [-0.39, 0.29) is 16.6 Å². The van der Waals surface area contributed by atoms with E-state index in [4.69, 9.17) is 0 Å². The number of thioether (sulfide) groups is 1. The number of fused-ring (bicyclic) bond motifs is 1. The molecule has 1 aliphatic rings. The van der Waals surface area contributed by atoms with Crippen LogP contribution in [0.5, 0.6) is 0 Å². The molecule has 1 N–H and O–H groups in total. The third kappa shape index (κ3) is 4.92. The first kappa shape index (κ1) is 21.8. The van der Waals surface area contributed by atoms with E-state index in [1.807, 2.05) is 0 Å². The first-order chi connectivity index (χ1) is 14.8. The summed E-state index contributed by atoms with van der Waals surface area (Å²) in [5, 5.41) is 14.3. The number of alkyl halides is 3. The average molecular weight is 481 g/mol. The number of aromatic nitrogens is 2. The van der Waals surface area contributed by atoms with Gasteiger partial charge in [0.05, 0.1) is 21.9 Å². The number of aryl methyl sites for hydroxylation is 1. The number of nitrogens with zero attached hydrogens (tertiary/aromatic N) is 3. The van der Waals surface area contributed by atoms with E-state index >= 15 is 0 Å². The number of amides is 1. The topological polar surface area (TPSA) is 78.7 Å². The zero-order chi connectivity index (χ0) is 22.0. The minimum atomic E-state index is -4.62. The summed E-state index contributed by atoms with van der Waals surface area (Å²) in [5.41, 5.74) is 0.612. The second-order valence-electron chi connectivity index (χ2n) is 6.76. The van der Waals surface area contributed by atoms with Crippen LogP contribution in [0.4, 0.5) is 18.2 Å². The van der Waals surface area contributed by atoms with Gasteiger partial charge in [-0.1, -0.05) is 17.8 Å². The summed E-state index contributed by atoms with van der Waals surface area (Å²) >= 11 is 3.50. The molecule has 3 aromatic rings. The number of halogens is 3. The Morgan fingerprint density at radius 2 is 2.10 bits per heavy atom. The van der Waals surface area contributed by atoms with Gasteiger partial charge in [-0.25, -0.2) is 9.97 Å². The van der Waals surface area contributed by atoms with Crippen LogP contribution in [0.15, 0.2) is 28.7 Å². The van der Waals surface area contributed by atoms with Gasteiger partial charge in [-0.2, -0.15) is 18.4 Å². The summed E-state index contributed by atoms with van der Waals surface area (Å²) in [6.45, 7) is 0. The van der Waals surface area contributed by atoms with Crippen LogP contribution in [-0.4, -0.2) is 21.6 Å². The largest absolute Gasteiger partial charge is 0.433 e. The Balaban J connectivity index is 1.50. The van der Waals surface area contributed by atoms with Crippen molar-refractivity contribution in [1.82, 2.24) is 9.97 Å². The summed E-state index contributed by atoms with van der Waals surface area (Å²) in [4.78, 5) is 21.9. The van der Waals surface area contributed by atoms with Crippen LogP contribution in [0.1, 0.15) is 34.5 Å². The van der Waals surface area contributed by atoms with E-state index in [1.54, 1.807) is 17.5 Å². The van der Waals surface area contributed by atoms with Gasteiger partial charge in [-0.05, 0) is 48.8 Å². The number of nitrogens with one attached hydrogen (secondary N) is 1. The Kier molecular flexibility index (Phi) is 6.31. The molecule has 11 heteroatoms. The molecule has 4 rings (SSSR count). The molecule has 160 valence electrons. The van der Waals surface area contributed by atoms with Gasteiger partial charge in [0.2, 0.25) is 5.91 Å². The Hall–Kier alpha value is -2.42. The standard InChI is InChI=1S/C20H15F3N4OS3/c21-20(22,23)16-8-13(15-6-3-7-29-15)25-19(26-16)30-10-17(28)27-18-12(9-24)11-4-1-2-5-14(11)31-18/h3,6-8H,1-2,4-5,10H2,(H,27,28). The van der Waals surface area contributed by atoms with Crippen molar-refractivity contribution < 1.29 is 18.0 Å². The highest BCUT2D eigenvalue weighted by Gasteiger charge is 2.34. The predicted molar refractivity (Wildman–Crippen MR) is 115 cm³/mol. The number of hydrogen-bond acceptors (Lipinski definition) is 7. The van der Waals surface area contributed by atoms with Crippen molar-refractivity contribution in [3.05, 3.63) is 45.3 Å². The summed E-state index contributed by atoms with van der Waals surface area (Å²) in [7, 11) is 0. The molecule has 3 heterocycles. The number of carbonyl (C=O) groups excluding carboxylic acids is 1. The van der Waals surface area contributed by atoms with Crippen molar-refractivity contribution in [2.75, 3.05) is 11.1 Å². The predicted octanol–water partition coefficient (Wildman–Crippen LogP) is 5.77. The van der Waals surface area contributed by atoms with Gasteiger partial charge in [0, 0.05) is 4.88 Å². The summed E-state index contributed by atoms with van der Waals surface area (Å²) < 4.78 is 39.8. The van der Waals surface area contributed by atoms with Crippen molar-refractivity contribution in [2.24, 2.45) is 0 Å². The molecule has 0 fully saturated rings. The molecule has 0 saturated heterocycles. The average Bonchev–Trinajstić information content (AvgIpc) is 3.39. The highest BCUT2D eigenvalue weighted by atomic mass is 32.2. The minimum Gasteiger partial charge on any atom is -0.316 e. The number of nitriles is 1. The van der Waals surface area contributed by atoms with Crippen molar-refractivity contribution >= 4 is 45.3 Å². The minimum absolute atomic E-state index is 0.126. The van der Waals surface area contributed by atoms with E-state index in [9.17, 15) is 23.2 Å². The Labute approximate surface area is 188 Å². The fourth-order valence-corrected chi connectivity index (χ4v) is 5.85. The maximum absolute atomic E-state index is 13.3. The third-order valence-corrected chi connectivity index (χ3v) is 7.59. The van der Waals surface area contributed by atoms with Gasteiger partial charge < -0.3 is 5.32 Å².